The number of carboxylic acid groups (broad SMARTS) is 1. The summed E-state index contributed by atoms with van der Waals surface area (Å²) in [4.78, 5) is 63.5. The fourth-order valence-electron chi connectivity index (χ4n) is 5.52. The summed E-state index contributed by atoms with van der Waals surface area (Å²) in [6, 6.07) is 4.57. The van der Waals surface area contributed by atoms with E-state index >= 15 is 0 Å². The van der Waals surface area contributed by atoms with E-state index in [-0.39, 0.29) is 42.3 Å². The molecule has 4 rings (SSSR count). The number of nitro groups is 1. The number of carbonyl (C=O) groups excluding carboxylic acids is 3. The van der Waals surface area contributed by atoms with Crippen LogP contribution in [0.2, 0.25) is 0 Å². The van der Waals surface area contributed by atoms with Gasteiger partial charge < -0.3 is 35.2 Å². The third-order valence-electron chi connectivity index (χ3n) is 7.95. The number of nitrogens with two attached hydrogens (primary N) is 1. The van der Waals surface area contributed by atoms with E-state index in [1.807, 2.05) is 6.92 Å². The number of fused-ring (bicyclic) bond motifs is 1. The van der Waals surface area contributed by atoms with Crippen LogP contribution < -0.4 is 5.73 Å². The number of nitrogens with zero attached hydrogens (tertiary/aromatic N) is 3. The van der Waals surface area contributed by atoms with Crippen LogP contribution in [0.5, 0.6) is 0 Å². The highest BCUT2D eigenvalue weighted by molar-refractivity contribution is 8.03. The fourth-order valence-corrected chi connectivity index (χ4v) is 7.08. The highest BCUT2D eigenvalue weighted by Gasteiger charge is 2.60. The number of nitro benzene ring substituents is 1. The van der Waals surface area contributed by atoms with Gasteiger partial charge in [-0.15, -0.1) is 11.8 Å². The number of carbonyl (C=O) groups is 4. The first-order valence-corrected chi connectivity index (χ1v) is 14.3. The van der Waals surface area contributed by atoms with Crippen molar-refractivity contribution in [1.29, 1.82) is 0 Å². The number of benzene rings is 1. The number of non-ortho nitro benzene ring substituents is 1. The third kappa shape index (κ3) is 5.94. The van der Waals surface area contributed by atoms with Gasteiger partial charge in [0, 0.05) is 34.8 Å². The lowest BCUT2D eigenvalue weighted by atomic mass is 9.79. The Hall–Kier alpha value is -3.69. The van der Waals surface area contributed by atoms with Crippen LogP contribution in [-0.4, -0.2) is 91.0 Å². The zero-order valence-electron chi connectivity index (χ0n) is 23.6. The molecule has 3 amide bonds. The zero-order chi connectivity index (χ0) is 31.1. The number of hydrogen-bond acceptors (Lipinski definition) is 10. The molecule has 2 fully saturated rings. The molecule has 6 atom stereocenters. The number of aliphatic hydroxyl groups is 1. The summed E-state index contributed by atoms with van der Waals surface area (Å²) in [5, 5.41) is 30.7. The molecule has 42 heavy (non-hydrogen) atoms. The van der Waals surface area contributed by atoms with Crippen molar-refractivity contribution in [1.82, 2.24) is 9.80 Å². The summed E-state index contributed by atoms with van der Waals surface area (Å²) in [5.41, 5.74) is 4.47. The van der Waals surface area contributed by atoms with E-state index in [2.05, 4.69) is 0 Å². The van der Waals surface area contributed by atoms with Crippen LogP contribution in [0.1, 0.15) is 39.7 Å². The molecule has 15 heteroatoms. The van der Waals surface area contributed by atoms with Crippen molar-refractivity contribution in [2.75, 3.05) is 13.2 Å². The maximum absolute atomic E-state index is 13.2. The van der Waals surface area contributed by atoms with Gasteiger partial charge in [-0.05, 0) is 44.9 Å². The molecule has 0 bridgehead atoms. The van der Waals surface area contributed by atoms with Crippen LogP contribution in [-0.2, 0) is 30.5 Å². The molecule has 3 heterocycles. The molecule has 14 nitrogen and oxygen atoms in total. The lowest BCUT2D eigenvalue weighted by Gasteiger charge is -2.46. The fraction of sp³-hybridized carbons (Fsp3) is 0.556. The molecular formula is C27H34N4O10S. The average Bonchev–Trinajstić information content (AvgIpc) is 3.43. The van der Waals surface area contributed by atoms with Crippen LogP contribution in [0.3, 0.4) is 0 Å². The molecule has 2 saturated heterocycles. The SMILES string of the molecule is C[C@@H](O)[C@H]1C(=O)N2C(C(=O)O)=C(S[C@H]3C[C@@H](COC(C)(C)C(N)=O)N(C(=O)OCc4ccc([N+](=O)[O-])cc4)C3)[C@H](C)[C@H]12. The molecule has 228 valence electrons. The number of ether oxygens (including phenoxy) is 2. The van der Waals surface area contributed by atoms with Crippen LogP contribution in [0.25, 0.3) is 0 Å². The van der Waals surface area contributed by atoms with Gasteiger partial charge in [-0.3, -0.25) is 19.7 Å². The van der Waals surface area contributed by atoms with Crippen LogP contribution in [0.15, 0.2) is 34.9 Å². The Morgan fingerprint density at radius 3 is 2.45 bits per heavy atom. The Morgan fingerprint density at radius 1 is 1.26 bits per heavy atom. The second-order valence-corrected chi connectivity index (χ2v) is 12.6. The molecule has 0 spiro atoms. The number of carboxylic acids is 1. The first-order chi connectivity index (χ1) is 19.6. The minimum absolute atomic E-state index is 0.0443. The predicted molar refractivity (Wildman–Crippen MR) is 149 cm³/mol. The Bertz CT molecular complexity index is 1310. The highest BCUT2D eigenvalue weighted by Crippen LogP contribution is 2.52. The monoisotopic (exact) mass is 606 g/mol. The van der Waals surface area contributed by atoms with E-state index in [1.54, 1.807) is 0 Å². The molecule has 4 N–H and O–H groups in total. The number of likely N-dealkylation sites (tertiary alicyclic amines) is 1. The van der Waals surface area contributed by atoms with Gasteiger partial charge in [0.2, 0.25) is 11.8 Å². The second-order valence-electron chi connectivity index (χ2n) is 11.2. The first-order valence-electron chi connectivity index (χ1n) is 13.4. The van der Waals surface area contributed by atoms with E-state index in [0.29, 0.717) is 16.9 Å². The Morgan fingerprint density at radius 2 is 1.90 bits per heavy atom. The molecule has 0 aromatic heterocycles. The Kier molecular flexibility index (Phi) is 8.85. The average molecular weight is 607 g/mol. The number of aliphatic hydroxyl groups excluding tert-OH is 1. The van der Waals surface area contributed by atoms with Crippen molar-refractivity contribution in [3.8, 4) is 0 Å². The first kappa shape index (κ1) is 31.3. The molecule has 0 radical (unpaired) electrons. The lowest BCUT2D eigenvalue weighted by molar-refractivity contribution is -0.384. The number of aliphatic carboxylic acids is 1. The van der Waals surface area contributed by atoms with Crippen molar-refractivity contribution in [3.63, 3.8) is 0 Å². The number of amides is 3. The van der Waals surface area contributed by atoms with Crippen molar-refractivity contribution in [2.45, 2.75) is 69.8 Å². The largest absolute Gasteiger partial charge is 0.477 e. The summed E-state index contributed by atoms with van der Waals surface area (Å²) >= 11 is 1.27. The van der Waals surface area contributed by atoms with E-state index in [4.69, 9.17) is 15.2 Å². The normalized spacial score (nSPS) is 26.1. The topological polar surface area (TPSA) is 203 Å². The Balaban J connectivity index is 1.51. The maximum atomic E-state index is 13.2. The van der Waals surface area contributed by atoms with Gasteiger partial charge in [-0.2, -0.15) is 0 Å². The van der Waals surface area contributed by atoms with Gasteiger partial charge in [-0.25, -0.2) is 9.59 Å². The van der Waals surface area contributed by atoms with Gasteiger partial charge >= 0.3 is 12.1 Å². The van der Waals surface area contributed by atoms with E-state index < -0.39 is 58.5 Å². The molecule has 0 unspecified atom stereocenters. The summed E-state index contributed by atoms with van der Waals surface area (Å²) < 4.78 is 11.3. The predicted octanol–water partition coefficient (Wildman–Crippen LogP) is 1.84. The number of rotatable bonds is 11. The summed E-state index contributed by atoms with van der Waals surface area (Å²) in [7, 11) is 0. The van der Waals surface area contributed by atoms with Crippen LogP contribution >= 0.6 is 11.8 Å². The smallest absolute Gasteiger partial charge is 0.410 e. The molecular weight excluding hydrogens is 572 g/mol. The minimum atomic E-state index is -1.30. The number of hydrogen-bond donors (Lipinski definition) is 3. The van der Waals surface area contributed by atoms with Gasteiger partial charge in [0.25, 0.3) is 5.69 Å². The van der Waals surface area contributed by atoms with Crippen molar-refractivity contribution >= 4 is 41.3 Å². The zero-order valence-corrected chi connectivity index (χ0v) is 24.4. The molecule has 3 aliphatic heterocycles. The third-order valence-corrected chi connectivity index (χ3v) is 9.45. The molecule has 0 saturated carbocycles. The van der Waals surface area contributed by atoms with Gasteiger partial charge in [0.1, 0.15) is 17.9 Å². The lowest BCUT2D eigenvalue weighted by Crippen LogP contribution is -2.63. The van der Waals surface area contributed by atoms with Gasteiger partial charge in [-0.1, -0.05) is 6.92 Å². The molecule has 3 aliphatic rings. The van der Waals surface area contributed by atoms with E-state index in [0.717, 1.165) is 0 Å². The number of thioether (sulfide) groups is 1. The Labute approximate surface area is 245 Å². The van der Waals surface area contributed by atoms with E-state index in [9.17, 15) is 39.5 Å². The van der Waals surface area contributed by atoms with Crippen LogP contribution in [0, 0.1) is 22.0 Å². The standard InChI is InChI=1S/C27H34N4O10S/c1-13-20-19(14(2)32)23(33)30(20)21(24(34)35)22(13)42-18-9-17(12-41-27(3,4)25(28)36)29(10-18)26(37)40-11-15-5-7-16(8-6-15)31(38)39/h5-8,13-14,17-20,32H,9-12H2,1-4H3,(H2,28,36)(H,34,35)/t13-,14-,17+,18+,19-,20-/m1/s1. The number of β-lactam (4-membered cyclic amide) rings is 1. The quantitative estimate of drug-likeness (QED) is 0.188. The van der Waals surface area contributed by atoms with Gasteiger partial charge in [0.05, 0.1) is 35.6 Å². The summed E-state index contributed by atoms with van der Waals surface area (Å²) in [6.45, 7) is 6.33. The second kappa shape index (κ2) is 11.9. The summed E-state index contributed by atoms with van der Waals surface area (Å²) in [5.74, 6) is -3.40. The van der Waals surface area contributed by atoms with Crippen molar-refractivity contribution < 1.29 is 43.8 Å². The highest BCUT2D eigenvalue weighted by atomic mass is 32.2. The molecule has 1 aromatic carbocycles. The minimum Gasteiger partial charge on any atom is -0.477 e. The van der Waals surface area contributed by atoms with Crippen molar-refractivity contribution in [3.05, 3.63) is 50.5 Å². The molecule has 1 aromatic rings. The van der Waals surface area contributed by atoms with Gasteiger partial charge in [0.15, 0.2) is 0 Å². The van der Waals surface area contributed by atoms with E-state index in [1.165, 1.54) is 66.6 Å². The number of primary amides is 1. The summed E-state index contributed by atoms with van der Waals surface area (Å²) in [6.07, 6.45) is -1.24. The van der Waals surface area contributed by atoms with Crippen LogP contribution in [0.4, 0.5) is 10.5 Å². The maximum Gasteiger partial charge on any atom is 0.410 e. The van der Waals surface area contributed by atoms with Crippen molar-refractivity contribution in [2.24, 2.45) is 17.6 Å². The molecule has 0 aliphatic carbocycles.